The lowest BCUT2D eigenvalue weighted by molar-refractivity contribution is -0.136. The van der Waals surface area contributed by atoms with Gasteiger partial charge in [-0.05, 0) is 23.6 Å². The summed E-state index contributed by atoms with van der Waals surface area (Å²) in [5.41, 5.74) is 1.49. The van der Waals surface area contributed by atoms with E-state index < -0.39 is 5.97 Å². The maximum atomic E-state index is 10.4. The largest absolute Gasteiger partial charge is 0.481 e. The van der Waals surface area contributed by atoms with Gasteiger partial charge in [0.1, 0.15) is 0 Å². The number of aliphatic carboxylic acids is 1. The number of pyridine rings is 1. The van der Waals surface area contributed by atoms with Crippen LogP contribution in [0.5, 0.6) is 0 Å². The molecule has 3 nitrogen and oxygen atoms in total. The number of fused-ring (bicyclic) bond motifs is 1. The van der Waals surface area contributed by atoms with Crippen molar-refractivity contribution in [2.45, 2.75) is 6.42 Å². The predicted octanol–water partition coefficient (Wildman–Crippen LogP) is 1.92. The average molecular weight is 193 g/mol. The first kappa shape index (κ1) is 8.19. The highest BCUT2D eigenvalue weighted by atomic mass is 32.1. The zero-order valence-corrected chi connectivity index (χ0v) is 7.54. The van der Waals surface area contributed by atoms with E-state index in [0.29, 0.717) is 5.69 Å². The lowest BCUT2D eigenvalue weighted by Crippen LogP contribution is -2.01. The average Bonchev–Trinajstić information content (AvgIpc) is 2.49. The molecule has 0 atom stereocenters. The van der Waals surface area contributed by atoms with Crippen molar-refractivity contribution in [3.8, 4) is 0 Å². The van der Waals surface area contributed by atoms with Crippen molar-refractivity contribution in [3.05, 3.63) is 29.3 Å². The van der Waals surface area contributed by atoms with Gasteiger partial charge in [0.25, 0.3) is 0 Å². The number of aromatic nitrogens is 1. The van der Waals surface area contributed by atoms with Crippen molar-refractivity contribution < 1.29 is 9.90 Å². The molecule has 4 heteroatoms. The van der Waals surface area contributed by atoms with Gasteiger partial charge in [0.15, 0.2) is 0 Å². The Morgan fingerprint density at radius 1 is 1.46 bits per heavy atom. The second kappa shape index (κ2) is 3.14. The van der Waals surface area contributed by atoms with Crippen LogP contribution in [0.4, 0.5) is 0 Å². The number of thiophene rings is 1. The van der Waals surface area contributed by atoms with Gasteiger partial charge >= 0.3 is 5.97 Å². The van der Waals surface area contributed by atoms with Gasteiger partial charge in [-0.1, -0.05) is 0 Å². The number of nitrogens with zero attached hydrogens (tertiary/aromatic N) is 1. The second-order valence-corrected chi connectivity index (χ2v) is 3.62. The van der Waals surface area contributed by atoms with Gasteiger partial charge in [-0.3, -0.25) is 9.78 Å². The predicted molar refractivity (Wildman–Crippen MR) is 51.0 cm³/mol. The van der Waals surface area contributed by atoms with Crippen molar-refractivity contribution in [1.82, 2.24) is 4.98 Å². The number of carboxylic acid groups (broad SMARTS) is 1. The van der Waals surface area contributed by atoms with Crippen LogP contribution in [0.15, 0.2) is 23.6 Å². The minimum atomic E-state index is -0.845. The van der Waals surface area contributed by atoms with Crippen LogP contribution in [0.2, 0.25) is 0 Å². The molecule has 0 spiro atoms. The van der Waals surface area contributed by atoms with Crippen LogP contribution in [0, 0.1) is 0 Å². The molecule has 2 rings (SSSR count). The van der Waals surface area contributed by atoms with Crippen LogP contribution >= 0.6 is 11.3 Å². The van der Waals surface area contributed by atoms with Gasteiger partial charge in [0, 0.05) is 0 Å². The molecule has 0 radical (unpaired) electrons. The van der Waals surface area contributed by atoms with E-state index >= 15 is 0 Å². The third kappa shape index (κ3) is 1.67. The summed E-state index contributed by atoms with van der Waals surface area (Å²) in [6, 6.07) is 5.56. The van der Waals surface area contributed by atoms with E-state index in [4.69, 9.17) is 5.11 Å². The van der Waals surface area contributed by atoms with Crippen LogP contribution in [0.25, 0.3) is 10.2 Å². The van der Waals surface area contributed by atoms with Crippen LogP contribution < -0.4 is 0 Å². The van der Waals surface area contributed by atoms with Crippen LogP contribution in [0.3, 0.4) is 0 Å². The summed E-state index contributed by atoms with van der Waals surface area (Å²) in [7, 11) is 0. The van der Waals surface area contributed by atoms with E-state index in [1.807, 2.05) is 17.5 Å². The molecule has 0 aliphatic heterocycles. The molecule has 0 aliphatic carbocycles. The Bertz CT molecular complexity index is 450. The highest BCUT2D eigenvalue weighted by molar-refractivity contribution is 7.17. The molecular formula is C9H7NO2S. The Labute approximate surface area is 78.7 Å². The fraction of sp³-hybridized carbons (Fsp3) is 0.111. The number of carboxylic acids is 1. The number of hydrogen-bond acceptors (Lipinski definition) is 3. The summed E-state index contributed by atoms with van der Waals surface area (Å²) in [4.78, 5) is 14.6. The van der Waals surface area contributed by atoms with E-state index in [0.717, 1.165) is 10.2 Å². The number of carbonyl (C=O) groups is 1. The Morgan fingerprint density at radius 3 is 3.08 bits per heavy atom. The molecule has 0 unspecified atom stereocenters. The van der Waals surface area contributed by atoms with Gasteiger partial charge < -0.3 is 5.11 Å². The van der Waals surface area contributed by atoms with Gasteiger partial charge in [0.05, 0.1) is 22.3 Å². The third-order valence-electron chi connectivity index (χ3n) is 1.70. The highest BCUT2D eigenvalue weighted by Crippen LogP contribution is 2.18. The van der Waals surface area contributed by atoms with Crippen molar-refractivity contribution in [1.29, 1.82) is 0 Å². The fourth-order valence-electron chi connectivity index (χ4n) is 1.15. The molecule has 0 fully saturated rings. The SMILES string of the molecule is O=C(O)Cc1ccc2sccc2n1. The Hall–Kier alpha value is -1.42. The van der Waals surface area contributed by atoms with Crippen molar-refractivity contribution in [2.24, 2.45) is 0 Å². The summed E-state index contributed by atoms with van der Waals surface area (Å²) < 4.78 is 1.09. The minimum Gasteiger partial charge on any atom is -0.481 e. The first-order valence-corrected chi connectivity index (χ1v) is 4.68. The van der Waals surface area contributed by atoms with E-state index in [2.05, 4.69) is 4.98 Å². The minimum absolute atomic E-state index is 0.00815. The molecule has 0 saturated heterocycles. The normalized spacial score (nSPS) is 10.5. The number of hydrogen-bond donors (Lipinski definition) is 1. The Kier molecular flexibility index (Phi) is 1.98. The zero-order chi connectivity index (χ0) is 9.26. The quantitative estimate of drug-likeness (QED) is 0.792. The van der Waals surface area contributed by atoms with E-state index in [1.54, 1.807) is 17.4 Å². The van der Waals surface area contributed by atoms with Gasteiger partial charge in [-0.25, -0.2) is 0 Å². The second-order valence-electron chi connectivity index (χ2n) is 2.68. The van der Waals surface area contributed by atoms with Crippen molar-refractivity contribution in [3.63, 3.8) is 0 Å². The standard InChI is InChI=1S/C9H7NO2S/c11-9(12)5-6-1-2-8-7(10-6)3-4-13-8/h1-4H,5H2,(H,11,12). The van der Waals surface area contributed by atoms with E-state index in [1.165, 1.54) is 0 Å². The van der Waals surface area contributed by atoms with Gasteiger partial charge in [-0.15, -0.1) is 11.3 Å². The molecule has 0 aliphatic rings. The summed E-state index contributed by atoms with van der Waals surface area (Å²) >= 11 is 1.60. The monoisotopic (exact) mass is 193 g/mol. The molecule has 0 bridgehead atoms. The summed E-state index contributed by atoms with van der Waals surface area (Å²) in [6.07, 6.45) is -0.00815. The van der Waals surface area contributed by atoms with Gasteiger partial charge in [-0.2, -0.15) is 0 Å². The maximum absolute atomic E-state index is 10.4. The van der Waals surface area contributed by atoms with Crippen LogP contribution in [-0.2, 0) is 11.2 Å². The molecule has 0 saturated carbocycles. The lowest BCUT2D eigenvalue weighted by Gasteiger charge is -1.95. The summed E-state index contributed by atoms with van der Waals surface area (Å²) in [5, 5.41) is 10.5. The first-order chi connectivity index (χ1) is 6.25. The highest BCUT2D eigenvalue weighted by Gasteiger charge is 2.03. The lowest BCUT2D eigenvalue weighted by atomic mass is 10.2. The van der Waals surface area contributed by atoms with Crippen LogP contribution in [0.1, 0.15) is 5.69 Å². The van der Waals surface area contributed by atoms with Crippen molar-refractivity contribution >= 4 is 27.5 Å². The molecule has 0 aromatic carbocycles. The van der Waals surface area contributed by atoms with Crippen molar-refractivity contribution in [2.75, 3.05) is 0 Å². The zero-order valence-electron chi connectivity index (χ0n) is 6.73. The maximum Gasteiger partial charge on any atom is 0.309 e. The van der Waals surface area contributed by atoms with Gasteiger partial charge in [0.2, 0.25) is 0 Å². The molecule has 0 amide bonds. The molecule has 1 N–H and O–H groups in total. The van der Waals surface area contributed by atoms with Crippen LogP contribution in [-0.4, -0.2) is 16.1 Å². The Morgan fingerprint density at radius 2 is 2.31 bits per heavy atom. The van der Waals surface area contributed by atoms with E-state index in [9.17, 15) is 4.79 Å². The smallest absolute Gasteiger partial charge is 0.309 e. The first-order valence-electron chi connectivity index (χ1n) is 3.80. The summed E-state index contributed by atoms with van der Waals surface area (Å²) in [5.74, 6) is -0.845. The molecule has 13 heavy (non-hydrogen) atoms. The molecular weight excluding hydrogens is 186 g/mol. The van der Waals surface area contributed by atoms with E-state index in [-0.39, 0.29) is 6.42 Å². The molecule has 2 aromatic rings. The Balaban J connectivity index is 2.42. The topological polar surface area (TPSA) is 50.2 Å². The third-order valence-corrected chi connectivity index (χ3v) is 2.57. The number of rotatable bonds is 2. The fourth-order valence-corrected chi connectivity index (χ4v) is 1.87. The molecule has 2 heterocycles. The molecule has 66 valence electrons. The summed E-state index contributed by atoms with van der Waals surface area (Å²) in [6.45, 7) is 0. The molecule has 2 aromatic heterocycles.